The number of para-hydroxylation sites is 1. The van der Waals surface area contributed by atoms with Gasteiger partial charge in [0.2, 0.25) is 0 Å². The van der Waals surface area contributed by atoms with Crippen LogP contribution in [0.15, 0.2) is 28.8 Å². The number of aromatic nitrogens is 2. The summed E-state index contributed by atoms with van der Waals surface area (Å²) in [7, 11) is 0. The van der Waals surface area contributed by atoms with E-state index in [2.05, 4.69) is 22.4 Å². The summed E-state index contributed by atoms with van der Waals surface area (Å²) in [5, 5.41) is 7.27. The number of hydrogen-bond acceptors (Lipinski definition) is 6. The second-order valence-corrected chi connectivity index (χ2v) is 5.79. The molecule has 1 N–H and O–H groups in total. The molecule has 3 heterocycles. The molecule has 1 unspecified atom stereocenters. The molecule has 6 nitrogen and oxygen atoms in total. The van der Waals surface area contributed by atoms with E-state index in [0.29, 0.717) is 24.9 Å². The van der Waals surface area contributed by atoms with Crippen molar-refractivity contribution in [1.82, 2.24) is 15.5 Å². The number of ether oxygens (including phenoxy) is 2. The van der Waals surface area contributed by atoms with Gasteiger partial charge in [-0.1, -0.05) is 23.4 Å². The van der Waals surface area contributed by atoms with E-state index in [9.17, 15) is 0 Å². The Labute approximate surface area is 122 Å². The fraction of sp³-hybridized carbons (Fsp3) is 0.467. The smallest absolute Gasteiger partial charge is 0.252 e. The van der Waals surface area contributed by atoms with E-state index >= 15 is 0 Å². The zero-order chi connectivity index (χ0) is 14.3. The summed E-state index contributed by atoms with van der Waals surface area (Å²) in [4.78, 5) is 4.45. The van der Waals surface area contributed by atoms with Crippen molar-refractivity contribution >= 4 is 0 Å². The largest absolute Gasteiger partial charge is 0.492 e. The second kappa shape index (κ2) is 4.82. The van der Waals surface area contributed by atoms with Crippen molar-refractivity contribution in [3.8, 4) is 5.75 Å². The van der Waals surface area contributed by atoms with Crippen molar-refractivity contribution in [2.75, 3.05) is 19.7 Å². The normalized spacial score (nSPS) is 22.4. The zero-order valence-corrected chi connectivity index (χ0v) is 11.8. The quantitative estimate of drug-likeness (QED) is 0.918. The highest BCUT2D eigenvalue weighted by molar-refractivity contribution is 5.42. The molecule has 1 saturated heterocycles. The number of hydrogen-bond donors (Lipinski definition) is 1. The van der Waals surface area contributed by atoms with E-state index in [0.717, 1.165) is 24.4 Å². The molecule has 6 heteroatoms. The molecule has 110 valence electrons. The third-order valence-electron chi connectivity index (χ3n) is 4.04. The van der Waals surface area contributed by atoms with Crippen LogP contribution in [0.5, 0.6) is 5.75 Å². The number of rotatable bonds is 4. The van der Waals surface area contributed by atoms with Crippen LogP contribution in [0.4, 0.5) is 0 Å². The standard InChI is InChI=1S/C15H17N3O3/c1-15(8-16-9-15)20-7-13-17-14(18-21-13)11-6-19-12-5-3-2-4-10(11)12/h2-5,11,16H,6-9H2,1H3. The van der Waals surface area contributed by atoms with Gasteiger partial charge in [0.05, 0.1) is 11.5 Å². The highest BCUT2D eigenvalue weighted by Crippen LogP contribution is 2.36. The molecule has 21 heavy (non-hydrogen) atoms. The van der Waals surface area contributed by atoms with Crippen LogP contribution in [0.1, 0.15) is 30.1 Å². The Morgan fingerprint density at radius 3 is 3.05 bits per heavy atom. The Kier molecular flexibility index (Phi) is 2.94. The minimum absolute atomic E-state index is 0.0413. The lowest BCUT2D eigenvalue weighted by Gasteiger charge is -2.38. The third kappa shape index (κ3) is 2.30. The molecule has 4 rings (SSSR count). The van der Waals surface area contributed by atoms with Crippen molar-refractivity contribution in [2.45, 2.75) is 25.0 Å². The number of nitrogens with zero attached hydrogens (tertiary/aromatic N) is 2. The van der Waals surface area contributed by atoms with Gasteiger partial charge >= 0.3 is 0 Å². The van der Waals surface area contributed by atoms with Gasteiger partial charge in [-0.15, -0.1) is 0 Å². The summed E-state index contributed by atoms with van der Waals surface area (Å²) < 4.78 is 16.8. The lowest BCUT2D eigenvalue weighted by Crippen LogP contribution is -2.58. The van der Waals surface area contributed by atoms with Crippen molar-refractivity contribution in [1.29, 1.82) is 0 Å². The maximum absolute atomic E-state index is 5.81. The van der Waals surface area contributed by atoms with E-state index in [-0.39, 0.29) is 11.5 Å². The van der Waals surface area contributed by atoms with Crippen LogP contribution in [0.2, 0.25) is 0 Å². The summed E-state index contributed by atoms with van der Waals surface area (Å²) in [6.45, 7) is 4.69. The number of fused-ring (bicyclic) bond motifs is 1. The monoisotopic (exact) mass is 287 g/mol. The lowest BCUT2D eigenvalue weighted by molar-refractivity contribution is -0.0841. The highest BCUT2D eigenvalue weighted by Gasteiger charge is 2.34. The van der Waals surface area contributed by atoms with Crippen molar-refractivity contribution in [3.63, 3.8) is 0 Å². The molecular formula is C15H17N3O3. The summed E-state index contributed by atoms with van der Waals surface area (Å²) in [6.07, 6.45) is 0. The first-order chi connectivity index (χ1) is 10.2. The first-order valence-corrected chi connectivity index (χ1v) is 7.12. The molecule has 1 fully saturated rings. The minimum Gasteiger partial charge on any atom is -0.492 e. The van der Waals surface area contributed by atoms with Gasteiger partial charge in [-0.05, 0) is 13.0 Å². The Morgan fingerprint density at radius 1 is 1.38 bits per heavy atom. The van der Waals surface area contributed by atoms with Crippen LogP contribution in [0.3, 0.4) is 0 Å². The van der Waals surface area contributed by atoms with Crippen molar-refractivity contribution in [3.05, 3.63) is 41.5 Å². The minimum atomic E-state index is -0.113. The topological polar surface area (TPSA) is 69.4 Å². The second-order valence-electron chi connectivity index (χ2n) is 5.79. The van der Waals surface area contributed by atoms with Gasteiger partial charge in [0.15, 0.2) is 5.82 Å². The molecule has 0 spiro atoms. The van der Waals surface area contributed by atoms with Gasteiger partial charge in [0.25, 0.3) is 5.89 Å². The Hall–Kier alpha value is -1.92. The average molecular weight is 287 g/mol. The van der Waals surface area contributed by atoms with Gasteiger partial charge in [-0.25, -0.2) is 0 Å². The van der Waals surface area contributed by atoms with Crippen LogP contribution < -0.4 is 10.1 Å². The molecule has 0 amide bonds. The maximum atomic E-state index is 5.81. The predicted octanol–water partition coefficient (Wildman–Crippen LogP) is 1.47. The maximum Gasteiger partial charge on any atom is 0.252 e. The van der Waals surface area contributed by atoms with E-state index < -0.39 is 0 Å². The molecule has 1 aromatic heterocycles. The highest BCUT2D eigenvalue weighted by atomic mass is 16.5. The van der Waals surface area contributed by atoms with Gasteiger partial charge in [0, 0.05) is 18.7 Å². The van der Waals surface area contributed by atoms with Gasteiger partial charge < -0.3 is 19.3 Å². The number of nitrogens with one attached hydrogen (secondary N) is 1. The van der Waals surface area contributed by atoms with Gasteiger partial charge in [0.1, 0.15) is 19.0 Å². The van der Waals surface area contributed by atoms with E-state index in [1.165, 1.54) is 0 Å². The van der Waals surface area contributed by atoms with E-state index in [1.54, 1.807) is 0 Å². The first-order valence-electron chi connectivity index (χ1n) is 7.12. The molecule has 0 radical (unpaired) electrons. The molecule has 1 atom stereocenters. The molecule has 2 aliphatic heterocycles. The third-order valence-corrected chi connectivity index (χ3v) is 4.04. The summed E-state index contributed by atoms with van der Waals surface area (Å²) >= 11 is 0. The predicted molar refractivity (Wildman–Crippen MR) is 74.1 cm³/mol. The van der Waals surface area contributed by atoms with Crippen LogP contribution in [-0.4, -0.2) is 35.4 Å². The summed E-state index contributed by atoms with van der Waals surface area (Å²) in [5.41, 5.74) is 0.999. The zero-order valence-electron chi connectivity index (χ0n) is 11.8. The summed E-state index contributed by atoms with van der Waals surface area (Å²) in [5.74, 6) is 2.12. The Bertz CT molecular complexity index is 651. The Morgan fingerprint density at radius 2 is 2.24 bits per heavy atom. The van der Waals surface area contributed by atoms with Crippen LogP contribution in [-0.2, 0) is 11.3 Å². The lowest BCUT2D eigenvalue weighted by atomic mass is 10.0. The first kappa shape index (κ1) is 12.8. The van der Waals surface area contributed by atoms with Crippen molar-refractivity contribution in [2.24, 2.45) is 0 Å². The van der Waals surface area contributed by atoms with Crippen molar-refractivity contribution < 1.29 is 14.0 Å². The van der Waals surface area contributed by atoms with E-state index in [1.807, 2.05) is 24.3 Å². The van der Waals surface area contributed by atoms with Crippen LogP contribution >= 0.6 is 0 Å². The van der Waals surface area contributed by atoms with Gasteiger partial charge in [-0.3, -0.25) is 0 Å². The van der Waals surface area contributed by atoms with Crippen LogP contribution in [0, 0.1) is 0 Å². The molecule has 0 saturated carbocycles. The molecule has 1 aromatic carbocycles. The van der Waals surface area contributed by atoms with Crippen LogP contribution in [0.25, 0.3) is 0 Å². The van der Waals surface area contributed by atoms with Gasteiger partial charge in [-0.2, -0.15) is 4.98 Å². The summed E-state index contributed by atoms with van der Waals surface area (Å²) in [6, 6.07) is 7.96. The molecule has 2 aliphatic rings. The number of benzene rings is 1. The average Bonchev–Trinajstić information content (AvgIpc) is 3.09. The Balaban J connectivity index is 1.48. The molecule has 0 aliphatic carbocycles. The fourth-order valence-corrected chi connectivity index (χ4v) is 2.66. The fourth-order valence-electron chi connectivity index (χ4n) is 2.66. The SMILES string of the molecule is CC1(OCc2nc(C3COc4ccccc43)no2)CNC1. The molecule has 2 aromatic rings. The van der Waals surface area contributed by atoms with E-state index in [4.69, 9.17) is 14.0 Å². The molecular weight excluding hydrogens is 270 g/mol. The molecule has 0 bridgehead atoms.